The second-order valence-electron chi connectivity index (χ2n) is 6.60. The van der Waals surface area contributed by atoms with E-state index in [9.17, 15) is 4.79 Å². The van der Waals surface area contributed by atoms with E-state index in [2.05, 4.69) is 15.1 Å². The van der Waals surface area contributed by atoms with Gasteiger partial charge in [0.05, 0.1) is 19.8 Å². The van der Waals surface area contributed by atoms with Crippen LogP contribution >= 0.6 is 23.8 Å². The predicted molar refractivity (Wildman–Crippen MR) is 108 cm³/mol. The first-order valence-electron chi connectivity index (χ1n) is 8.93. The van der Waals surface area contributed by atoms with Crippen molar-refractivity contribution in [3.05, 3.63) is 28.8 Å². The van der Waals surface area contributed by atoms with Gasteiger partial charge in [0.25, 0.3) is 0 Å². The van der Waals surface area contributed by atoms with Crippen LogP contribution in [0.3, 0.4) is 0 Å². The maximum Gasteiger partial charge on any atom is 0.236 e. The van der Waals surface area contributed by atoms with Crippen molar-refractivity contribution in [2.45, 2.75) is 6.92 Å². The number of hydrogen-bond donors (Lipinski definition) is 1. The quantitative estimate of drug-likeness (QED) is 0.786. The molecular formula is C18H25ClN4O2S. The number of carbonyl (C=O) groups is 1. The van der Waals surface area contributed by atoms with Gasteiger partial charge in [-0.2, -0.15) is 0 Å². The third kappa shape index (κ3) is 4.85. The second-order valence-corrected chi connectivity index (χ2v) is 7.39. The fraction of sp³-hybridized carbons (Fsp3) is 0.556. The topological polar surface area (TPSA) is 48.0 Å². The molecular weight excluding hydrogens is 372 g/mol. The van der Waals surface area contributed by atoms with Gasteiger partial charge in [-0.15, -0.1) is 0 Å². The lowest BCUT2D eigenvalue weighted by atomic mass is 10.2. The van der Waals surface area contributed by atoms with Crippen LogP contribution in [0.15, 0.2) is 18.2 Å². The summed E-state index contributed by atoms with van der Waals surface area (Å²) in [5, 5.41) is 4.72. The molecule has 0 aromatic heterocycles. The minimum Gasteiger partial charge on any atom is -0.378 e. The molecule has 1 amide bonds. The lowest BCUT2D eigenvalue weighted by molar-refractivity contribution is -0.136. The van der Waals surface area contributed by atoms with E-state index >= 15 is 0 Å². The monoisotopic (exact) mass is 396 g/mol. The molecule has 26 heavy (non-hydrogen) atoms. The third-order valence-corrected chi connectivity index (χ3v) is 5.66. The standard InChI is InChI=1S/C18H25ClN4O2S/c1-14-15(19)3-2-4-16(14)20-18(26)23-7-5-21(6-8-23)13-17(24)22-9-11-25-12-10-22/h2-4H,5-13H2,1H3,(H,20,26). The van der Waals surface area contributed by atoms with E-state index in [0.29, 0.717) is 38.0 Å². The molecule has 1 aromatic rings. The first-order valence-corrected chi connectivity index (χ1v) is 9.72. The maximum absolute atomic E-state index is 12.4. The predicted octanol–water partition coefficient (Wildman–Crippen LogP) is 1.82. The van der Waals surface area contributed by atoms with Gasteiger partial charge in [0.2, 0.25) is 5.91 Å². The fourth-order valence-corrected chi connectivity index (χ4v) is 3.62. The largest absolute Gasteiger partial charge is 0.378 e. The third-order valence-electron chi connectivity index (χ3n) is 4.89. The Kier molecular flexibility index (Phi) is 6.69. The molecule has 0 spiro atoms. The van der Waals surface area contributed by atoms with Crippen molar-refractivity contribution in [1.82, 2.24) is 14.7 Å². The molecule has 0 radical (unpaired) electrons. The summed E-state index contributed by atoms with van der Waals surface area (Å²) in [5.74, 6) is 0.192. The molecule has 0 atom stereocenters. The summed E-state index contributed by atoms with van der Waals surface area (Å²) in [6.07, 6.45) is 0. The summed E-state index contributed by atoms with van der Waals surface area (Å²) in [6.45, 7) is 8.40. The number of rotatable bonds is 3. The normalized spacial score (nSPS) is 18.7. The van der Waals surface area contributed by atoms with Crippen molar-refractivity contribution in [2.75, 3.05) is 64.3 Å². The Bertz CT molecular complexity index is 659. The average Bonchev–Trinajstić information content (AvgIpc) is 2.66. The molecule has 3 rings (SSSR count). The summed E-state index contributed by atoms with van der Waals surface area (Å²) in [4.78, 5) is 18.6. The van der Waals surface area contributed by atoms with Gasteiger partial charge in [-0.1, -0.05) is 17.7 Å². The Morgan fingerprint density at radius 3 is 2.54 bits per heavy atom. The number of carbonyl (C=O) groups excluding carboxylic acids is 1. The Morgan fingerprint density at radius 1 is 1.15 bits per heavy atom. The van der Waals surface area contributed by atoms with Crippen molar-refractivity contribution in [3.8, 4) is 0 Å². The number of benzene rings is 1. The number of nitrogens with zero attached hydrogens (tertiary/aromatic N) is 3. The van der Waals surface area contributed by atoms with E-state index < -0.39 is 0 Å². The van der Waals surface area contributed by atoms with E-state index in [1.807, 2.05) is 30.0 Å². The van der Waals surface area contributed by atoms with E-state index in [1.165, 1.54) is 0 Å². The van der Waals surface area contributed by atoms with Gasteiger partial charge in [-0.25, -0.2) is 0 Å². The number of nitrogens with one attached hydrogen (secondary N) is 1. The minimum absolute atomic E-state index is 0.192. The number of thiocarbonyl (C=S) groups is 1. The van der Waals surface area contributed by atoms with Crippen LogP contribution in [0, 0.1) is 6.92 Å². The number of halogens is 1. The number of anilines is 1. The fourth-order valence-electron chi connectivity index (χ4n) is 3.15. The van der Waals surface area contributed by atoms with Crippen LogP contribution in [0.25, 0.3) is 0 Å². The summed E-state index contributed by atoms with van der Waals surface area (Å²) in [5.41, 5.74) is 1.93. The molecule has 6 nitrogen and oxygen atoms in total. The van der Waals surface area contributed by atoms with Gasteiger partial charge >= 0.3 is 0 Å². The molecule has 8 heteroatoms. The average molecular weight is 397 g/mol. The molecule has 0 saturated carbocycles. The highest BCUT2D eigenvalue weighted by Crippen LogP contribution is 2.23. The van der Waals surface area contributed by atoms with Crippen molar-refractivity contribution in [2.24, 2.45) is 0 Å². The van der Waals surface area contributed by atoms with Crippen LogP contribution < -0.4 is 5.32 Å². The molecule has 0 unspecified atom stereocenters. The number of piperazine rings is 1. The molecule has 2 saturated heterocycles. The molecule has 1 N–H and O–H groups in total. The Balaban J connectivity index is 1.46. The maximum atomic E-state index is 12.4. The number of morpholine rings is 1. The van der Waals surface area contributed by atoms with Crippen LogP contribution in [-0.2, 0) is 9.53 Å². The molecule has 2 aliphatic rings. The molecule has 2 heterocycles. The van der Waals surface area contributed by atoms with Crippen molar-refractivity contribution >= 4 is 40.5 Å². The highest BCUT2D eigenvalue weighted by Gasteiger charge is 2.24. The second kappa shape index (κ2) is 8.99. The zero-order valence-corrected chi connectivity index (χ0v) is 16.6. The minimum atomic E-state index is 0.192. The van der Waals surface area contributed by atoms with Gasteiger partial charge in [0.1, 0.15) is 0 Å². The van der Waals surface area contributed by atoms with Crippen LogP contribution in [0.4, 0.5) is 5.69 Å². The van der Waals surface area contributed by atoms with Crippen LogP contribution in [0.2, 0.25) is 5.02 Å². The Morgan fingerprint density at radius 2 is 1.85 bits per heavy atom. The highest BCUT2D eigenvalue weighted by atomic mass is 35.5. The Labute approximate surface area is 165 Å². The zero-order valence-electron chi connectivity index (χ0n) is 15.0. The SMILES string of the molecule is Cc1c(Cl)cccc1NC(=S)N1CCN(CC(=O)N2CCOCC2)CC1. The van der Waals surface area contributed by atoms with E-state index in [4.69, 9.17) is 28.6 Å². The van der Waals surface area contributed by atoms with Crippen LogP contribution in [0.1, 0.15) is 5.56 Å². The lowest BCUT2D eigenvalue weighted by Gasteiger charge is -2.37. The number of ether oxygens (including phenoxy) is 1. The van der Waals surface area contributed by atoms with Crippen LogP contribution in [0.5, 0.6) is 0 Å². The van der Waals surface area contributed by atoms with Crippen molar-refractivity contribution in [1.29, 1.82) is 0 Å². The molecule has 142 valence electrons. The van der Waals surface area contributed by atoms with E-state index in [-0.39, 0.29) is 5.91 Å². The summed E-state index contributed by atoms with van der Waals surface area (Å²) in [6, 6.07) is 5.76. The van der Waals surface area contributed by atoms with Crippen molar-refractivity contribution in [3.63, 3.8) is 0 Å². The lowest BCUT2D eigenvalue weighted by Crippen LogP contribution is -2.53. The van der Waals surface area contributed by atoms with Gasteiger partial charge in [-0.05, 0) is 36.8 Å². The summed E-state index contributed by atoms with van der Waals surface area (Å²) in [7, 11) is 0. The van der Waals surface area contributed by atoms with Gasteiger partial charge < -0.3 is 19.9 Å². The molecule has 2 aliphatic heterocycles. The van der Waals surface area contributed by atoms with Gasteiger partial charge in [0, 0.05) is 50.0 Å². The molecule has 1 aromatic carbocycles. The smallest absolute Gasteiger partial charge is 0.236 e. The van der Waals surface area contributed by atoms with Crippen LogP contribution in [-0.4, -0.2) is 84.7 Å². The number of amides is 1. The summed E-state index contributed by atoms with van der Waals surface area (Å²) >= 11 is 11.7. The summed E-state index contributed by atoms with van der Waals surface area (Å²) < 4.78 is 5.30. The van der Waals surface area contributed by atoms with E-state index in [1.54, 1.807) is 0 Å². The van der Waals surface area contributed by atoms with E-state index in [0.717, 1.165) is 42.5 Å². The van der Waals surface area contributed by atoms with Gasteiger partial charge in [0.15, 0.2) is 5.11 Å². The molecule has 2 fully saturated rings. The first kappa shape index (κ1) is 19.4. The van der Waals surface area contributed by atoms with Crippen molar-refractivity contribution < 1.29 is 9.53 Å². The first-order chi connectivity index (χ1) is 12.5. The van der Waals surface area contributed by atoms with Gasteiger partial charge in [-0.3, -0.25) is 9.69 Å². The Hall–Kier alpha value is -1.41. The highest BCUT2D eigenvalue weighted by molar-refractivity contribution is 7.80. The molecule has 0 aliphatic carbocycles. The molecule has 0 bridgehead atoms. The zero-order chi connectivity index (χ0) is 18.5. The number of hydrogen-bond acceptors (Lipinski definition) is 4.